The highest BCUT2D eigenvalue weighted by Gasteiger charge is 2.12. The number of rotatable bonds is 4. The van der Waals surface area contributed by atoms with Crippen molar-refractivity contribution in [2.45, 2.75) is 26.4 Å². The van der Waals surface area contributed by atoms with E-state index in [1.807, 2.05) is 18.3 Å². The second-order valence-corrected chi connectivity index (χ2v) is 6.79. The van der Waals surface area contributed by atoms with Crippen LogP contribution in [-0.2, 0) is 6.54 Å². The van der Waals surface area contributed by atoms with E-state index in [0.29, 0.717) is 11.9 Å². The van der Waals surface area contributed by atoms with Crippen LogP contribution < -0.4 is 5.73 Å². The molecule has 0 fully saturated rings. The Kier molecular flexibility index (Phi) is 3.69. The van der Waals surface area contributed by atoms with Crippen molar-refractivity contribution in [3.05, 3.63) is 42.2 Å². The van der Waals surface area contributed by atoms with Crippen molar-refractivity contribution in [3.8, 4) is 11.1 Å². The van der Waals surface area contributed by atoms with Gasteiger partial charge in [-0.1, -0.05) is 6.07 Å². The zero-order valence-electron chi connectivity index (χ0n) is 14.7. The molecule has 0 aliphatic rings. The molecule has 0 spiro atoms. The van der Waals surface area contributed by atoms with Crippen LogP contribution in [0.2, 0.25) is 0 Å². The van der Waals surface area contributed by atoms with Crippen molar-refractivity contribution in [1.29, 1.82) is 0 Å². The van der Waals surface area contributed by atoms with Crippen LogP contribution in [0, 0.1) is 0 Å². The lowest BCUT2D eigenvalue weighted by Gasteiger charge is -2.19. The molecule has 0 bridgehead atoms. The van der Waals surface area contributed by atoms with Crippen molar-refractivity contribution < 1.29 is 0 Å². The summed E-state index contributed by atoms with van der Waals surface area (Å²) in [5.41, 5.74) is 11.2. The van der Waals surface area contributed by atoms with Crippen molar-refractivity contribution in [2.24, 2.45) is 0 Å². The molecule has 1 aromatic carbocycles. The first-order valence-corrected chi connectivity index (χ1v) is 8.43. The molecule has 128 valence electrons. The molecule has 4 aromatic rings. The summed E-state index contributed by atoms with van der Waals surface area (Å²) < 4.78 is 0. The molecule has 3 heterocycles. The molecule has 0 amide bonds. The predicted molar refractivity (Wildman–Crippen MR) is 102 cm³/mol. The highest BCUT2D eigenvalue weighted by Crippen LogP contribution is 2.31. The first-order valence-electron chi connectivity index (χ1n) is 8.43. The quantitative estimate of drug-likeness (QED) is 0.533. The fraction of sp³-hybridized carbons (Fsp3) is 0.263. The zero-order valence-corrected chi connectivity index (χ0v) is 14.7. The fourth-order valence-electron chi connectivity index (χ4n) is 3.07. The molecular formula is C19H22N6. The zero-order chi connectivity index (χ0) is 17.6. The van der Waals surface area contributed by atoms with Crippen molar-refractivity contribution in [3.63, 3.8) is 0 Å². The number of nitrogens with one attached hydrogen (secondary N) is 2. The van der Waals surface area contributed by atoms with E-state index in [-0.39, 0.29) is 0 Å². The standard InChI is InChI=1S/C19H22N6/c1-11(2)25(3)10-13-9-15-14(6-7-21-19(15)22-13)12-4-5-17-16(8-12)18(20)24-23-17/h4-9,11H,10H2,1-3H3,(H,21,22)(H3,20,23,24). The van der Waals surface area contributed by atoms with Gasteiger partial charge in [-0.2, -0.15) is 5.10 Å². The van der Waals surface area contributed by atoms with Crippen LogP contribution in [0.25, 0.3) is 33.1 Å². The number of H-pyrrole nitrogens is 2. The van der Waals surface area contributed by atoms with Gasteiger partial charge in [0.1, 0.15) is 5.65 Å². The molecular weight excluding hydrogens is 312 g/mol. The van der Waals surface area contributed by atoms with Crippen LogP contribution >= 0.6 is 0 Å². The summed E-state index contributed by atoms with van der Waals surface area (Å²) in [6, 6.07) is 10.9. The summed E-state index contributed by atoms with van der Waals surface area (Å²) in [5, 5.41) is 9.08. The Morgan fingerprint density at radius 2 is 2.00 bits per heavy atom. The minimum atomic E-state index is 0.491. The highest BCUT2D eigenvalue weighted by molar-refractivity contribution is 5.98. The van der Waals surface area contributed by atoms with E-state index in [0.717, 1.165) is 45.3 Å². The number of hydrogen-bond acceptors (Lipinski definition) is 4. The number of aromatic nitrogens is 4. The molecule has 0 unspecified atom stereocenters. The molecule has 4 N–H and O–H groups in total. The molecule has 0 saturated carbocycles. The minimum Gasteiger partial charge on any atom is -0.382 e. The second kappa shape index (κ2) is 5.89. The molecule has 3 aromatic heterocycles. The number of benzene rings is 1. The Hall–Kier alpha value is -2.86. The number of nitrogens with two attached hydrogens (primary N) is 1. The number of fused-ring (bicyclic) bond motifs is 2. The van der Waals surface area contributed by atoms with Crippen LogP contribution in [-0.4, -0.2) is 38.2 Å². The highest BCUT2D eigenvalue weighted by atomic mass is 15.1. The maximum atomic E-state index is 5.96. The Bertz CT molecular complexity index is 1040. The number of pyridine rings is 1. The summed E-state index contributed by atoms with van der Waals surface area (Å²) in [7, 11) is 2.13. The van der Waals surface area contributed by atoms with E-state index in [2.05, 4.69) is 64.2 Å². The van der Waals surface area contributed by atoms with E-state index in [9.17, 15) is 0 Å². The minimum absolute atomic E-state index is 0.491. The Balaban J connectivity index is 1.80. The lowest BCUT2D eigenvalue weighted by Crippen LogP contribution is -2.25. The first kappa shape index (κ1) is 15.7. The smallest absolute Gasteiger partial charge is 0.153 e. The third-order valence-electron chi connectivity index (χ3n) is 4.79. The van der Waals surface area contributed by atoms with Gasteiger partial charge < -0.3 is 10.7 Å². The number of anilines is 1. The van der Waals surface area contributed by atoms with Crippen molar-refractivity contribution in [2.75, 3.05) is 12.8 Å². The third-order valence-corrected chi connectivity index (χ3v) is 4.79. The second-order valence-electron chi connectivity index (χ2n) is 6.79. The molecule has 6 heteroatoms. The molecule has 4 rings (SSSR count). The van der Waals surface area contributed by atoms with Gasteiger partial charge >= 0.3 is 0 Å². The lowest BCUT2D eigenvalue weighted by molar-refractivity contribution is 0.263. The van der Waals surface area contributed by atoms with Crippen LogP contribution in [0.5, 0.6) is 0 Å². The normalized spacial score (nSPS) is 12.0. The number of nitrogens with zero attached hydrogens (tertiary/aromatic N) is 3. The van der Waals surface area contributed by atoms with E-state index >= 15 is 0 Å². The maximum Gasteiger partial charge on any atom is 0.153 e. The summed E-state index contributed by atoms with van der Waals surface area (Å²) >= 11 is 0. The summed E-state index contributed by atoms with van der Waals surface area (Å²) in [6.07, 6.45) is 1.84. The van der Waals surface area contributed by atoms with Crippen LogP contribution in [0.1, 0.15) is 19.5 Å². The number of aromatic amines is 2. The number of hydrogen-bond donors (Lipinski definition) is 3. The van der Waals surface area contributed by atoms with Crippen LogP contribution in [0.4, 0.5) is 5.82 Å². The van der Waals surface area contributed by atoms with Gasteiger partial charge in [-0.15, -0.1) is 0 Å². The molecule has 0 radical (unpaired) electrons. The SMILES string of the molecule is CC(C)N(C)Cc1cc2c(-c3ccc4[nH]nc(N)c4c3)ccnc2[nH]1. The van der Waals surface area contributed by atoms with Crippen LogP contribution in [0.15, 0.2) is 36.5 Å². The van der Waals surface area contributed by atoms with Gasteiger partial charge in [-0.25, -0.2) is 4.98 Å². The largest absolute Gasteiger partial charge is 0.382 e. The molecule has 6 nitrogen and oxygen atoms in total. The first-order chi connectivity index (χ1) is 12.0. The van der Waals surface area contributed by atoms with Gasteiger partial charge in [0.05, 0.1) is 5.52 Å². The number of nitrogen functional groups attached to an aromatic ring is 1. The molecule has 0 atom stereocenters. The summed E-state index contributed by atoms with van der Waals surface area (Å²) in [4.78, 5) is 10.2. The van der Waals surface area contributed by atoms with Gasteiger partial charge in [0.15, 0.2) is 5.82 Å². The Morgan fingerprint density at radius 1 is 1.16 bits per heavy atom. The van der Waals surface area contributed by atoms with E-state index in [4.69, 9.17) is 5.73 Å². The van der Waals surface area contributed by atoms with Gasteiger partial charge in [-0.05, 0) is 56.3 Å². The summed E-state index contributed by atoms with van der Waals surface area (Å²) in [5.74, 6) is 0.524. The fourth-order valence-corrected chi connectivity index (χ4v) is 3.07. The van der Waals surface area contributed by atoms with Gasteiger partial charge in [0.25, 0.3) is 0 Å². The molecule has 0 aliphatic carbocycles. The van der Waals surface area contributed by atoms with Gasteiger partial charge in [0.2, 0.25) is 0 Å². The average molecular weight is 334 g/mol. The molecule has 25 heavy (non-hydrogen) atoms. The topological polar surface area (TPSA) is 86.6 Å². The van der Waals surface area contributed by atoms with E-state index in [1.165, 1.54) is 0 Å². The predicted octanol–water partition coefficient (Wildman–Crippen LogP) is 3.53. The summed E-state index contributed by atoms with van der Waals surface area (Å²) in [6.45, 7) is 5.24. The molecule has 0 saturated heterocycles. The van der Waals surface area contributed by atoms with E-state index in [1.54, 1.807) is 0 Å². The Labute approximate surface area is 146 Å². The van der Waals surface area contributed by atoms with E-state index < -0.39 is 0 Å². The third kappa shape index (κ3) is 2.74. The van der Waals surface area contributed by atoms with Gasteiger partial charge in [-0.3, -0.25) is 10.00 Å². The Morgan fingerprint density at radius 3 is 2.80 bits per heavy atom. The average Bonchev–Trinajstić information content (AvgIpc) is 3.17. The van der Waals surface area contributed by atoms with Crippen molar-refractivity contribution in [1.82, 2.24) is 25.1 Å². The maximum absolute atomic E-state index is 5.96. The monoisotopic (exact) mass is 334 g/mol. The lowest BCUT2D eigenvalue weighted by atomic mass is 10.0. The van der Waals surface area contributed by atoms with Crippen molar-refractivity contribution >= 4 is 27.8 Å². The van der Waals surface area contributed by atoms with Crippen LogP contribution in [0.3, 0.4) is 0 Å². The van der Waals surface area contributed by atoms with Gasteiger partial charge in [0, 0.05) is 35.2 Å². The molecule has 0 aliphatic heterocycles.